The van der Waals surface area contributed by atoms with Crippen molar-refractivity contribution < 1.29 is 23.0 Å². The number of hydrogen-bond acceptors (Lipinski definition) is 5. The van der Waals surface area contributed by atoms with Crippen LogP contribution in [0, 0.1) is 5.92 Å². The zero-order chi connectivity index (χ0) is 24.8. The summed E-state index contributed by atoms with van der Waals surface area (Å²) in [5, 5.41) is 10.8. The Morgan fingerprint density at radius 2 is 1.45 bits per heavy atom. The van der Waals surface area contributed by atoms with Crippen LogP contribution < -0.4 is 9.47 Å². The molecule has 0 radical (unpaired) electrons. The summed E-state index contributed by atoms with van der Waals surface area (Å²) in [4.78, 5) is 0. The fraction of sp³-hybridized carbons (Fsp3) is 0.500. The molecule has 0 bridgehead atoms. The lowest BCUT2D eigenvalue weighted by Crippen LogP contribution is -2.28. The molecule has 2 atom stereocenters. The van der Waals surface area contributed by atoms with E-state index in [9.17, 15) is 13.5 Å². The van der Waals surface area contributed by atoms with Gasteiger partial charge in [0.2, 0.25) is 0 Å². The molecule has 0 saturated carbocycles. The maximum absolute atomic E-state index is 11.6. The number of rotatable bonds is 12. The molecule has 0 aromatic heterocycles. The smallest absolute Gasteiger partial charge is 0.152 e. The largest absolute Gasteiger partial charge is 0.492 e. The first-order chi connectivity index (χ1) is 15.4. The number of alkyl halides is 1. The Bertz CT molecular complexity index is 1040. The van der Waals surface area contributed by atoms with Gasteiger partial charge in [-0.1, -0.05) is 63.0 Å². The van der Waals surface area contributed by atoms with Gasteiger partial charge in [-0.2, -0.15) is 0 Å². The van der Waals surface area contributed by atoms with Crippen LogP contribution in [0.25, 0.3) is 0 Å². The van der Waals surface area contributed by atoms with E-state index in [0.29, 0.717) is 34.0 Å². The predicted octanol–water partition coefficient (Wildman–Crippen LogP) is 5.75. The lowest BCUT2D eigenvalue weighted by Gasteiger charge is -2.27. The second kappa shape index (κ2) is 12.0. The number of halogens is 3. The summed E-state index contributed by atoms with van der Waals surface area (Å²) in [5.74, 6) is 1.34. The number of sulfone groups is 1. The fourth-order valence-corrected chi connectivity index (χ4v) is 4.58. The molecule has 0 aliphatic carbocycles. The van der Waals surface area contributed by atoms with Gasteiger partial charge in [-0.15, -0.1) is 11.6 Å². The second-order valence-electron chi connectivity index (χ2n) is 8.65. The van der Waals surface area contributed by atoms with E-state index in [1.54, 1.807) is 12.1 Å². The highest BCUT2D eigenvalue weighted by molar-refractivity contribution is 7.91. The minimum Gasteiger partial charge on any atom is -0.492 e. The summed E-state index contributed by atoms with van der Waals surface area (Å²) in [6.45, 7) is 7.98. The van der Waals surface area contributed by atoms with Gasteiger partial charge in [0.05, 0.1) is 22.4 Å². The highest BCUT2D eigenvalue weighted by atomic mass is 35.5. The van der Waals surface area contributed by atoms with E-state index >= 15 is 0 Å². The molecule has 0 unspecified atom stereocenters. The molecule has 2 aromatic carbocycles. The molecule has 0 aliphatic rings. The Morgan fingerprint density at radius 3 is 1.88 bits per heavy atom. The van der Waals surface area contributed by atoms with Crippen LogP contribution in [0.5, 0.6) is 11.5 Å². The van der Waals surface area contributed by atoms with Gasteiger partial charge in [-0.25, -0.2) is 8.42 Å². The van der Waals surface area contributed by atoms with Crippen molar-refractivity contribution in [2.45, 2.75) is 39.2 Å². The van der Waals surface area contributed by atoms with Gasteiger partial charge in [0, 0.05) is 23.0 Å². The normalized spacial score (nSPS) is 14.1. The van der Waals surface area contributed by atoms with Gasteiger partial charge >= 0.3 is 0 Å². The van der Waals surface area contributed by atoms with E-state index in [2.05, 4.69) is 13.8 Å². The highest BCUT2D eigenvalue weighted by Crippen LogP contribution is 2.38. The molecule has 0 heterocycles. The van der Waals surface area contributed by atoms with Crippen molar-refractivity contribution in [3.8, 4) is 11.5 Å². The molecule has 0 fully saturated rings. The first kappa shape index (κ1) is 28.1. The van der Waals surface area contributed by atoms with Crippen LogP contribution >= 0.6 is 34.8 Å². The SMILES string of the molecule is CCS(=O)(=O)C[C@@H](O)COc1ccc(C(C)(C)c2ccc(OC[C@@H](C)CCl)c(Cl)c2)cc1Cl. The Morgan fingerprint density at radius 1 is 0.970 bits per heavy atom. The molecule has 2 rings (SSSR count). The molecule has 184 valence electrons. The zero-order valence-corrected chi connectivity index (χ0v) is 22.4. The van der Waals surface area contributed by atoms with Gasteiger partial charge in [0.15, 0.2) is 9.84 Å². The van der Waals surface area contributed by atoms with E-state index in [-0.39, 0.29) is 24.0 Å². The molecule has 0 spiro atoms. The summed E-state index contributed by atoms with van der Waals surface area (Å²) in [5.41, 5.74) is 1.51. The fourth-order valence-electron chi connectivity index (χ4n) is 3.10. The third-order valence-electron chi connectivity index (χ3n) is 5.41. The first-order valence-corrected chi connectivity index (χ1v) is 13.8. The lowest BCUT2D eigenvalue weighted by atomic mass is 9.78. The predicted molar refractivity (Wildman–Crippen MR) is 136 cm³/mol. The van der Waals surface area contributed by atoms with E-state index in [1.165, 1.54) is 6.92 Å². The molecule has 0 amide bonds. The van der Waals surface area contributed by atoms with E-state index in [0.717, 1.165) is 11.1 Å². The van der Waals surface area contributed by atoms with Crippen molar-refractivity contribution in [1.82, 2.24) is 0 Å². The average molecular weight is 538 g/mol. The van der Waals surface area contributed by atoms with Crippen LogP contribution in [0.15, 0.2) is 36.4 Å². The summed E-state index contributed by atoms with van der Waals surface area (Å²) in [6, 6.07) is 11.1. The van der Waals surface area contributed by atoms with Crippen molar-refractivity contribution in [3.63, 3.8) is 0 Å². The van der Waals surface area contributed by atoms with Gasteiger partial charge in [0.1, 0.15) is 24.2 Å². The number of hydrogen-bond donors (Lipinski definition) is 1. The van der Waals surface area contributed by atoms with Gasteiger partial charge in [-0.05, 0) is 35.4 Å². The Balaban J connectivity index is 2.13. The van der Waals surface area contributed by atoms with E-state index in [1.807, 2.05) is 31.2 Å². The minimum absolute atomic E-state index is 0.0295. The van der Waals surface area contributed by atoms with Crippen molar-refractivity contribution in [2.24, 2.45) is 5.92 Å². The maximum atomic E-state index is 11.6. The molecule has 33 heavy (non-hydrogen) atoms. The van der Waals surface area contributed by atoms with Crippen molar-refractivity contribution >= 4 is 44.6 Å². The summed E-state index contributed by atoms with van der Waals surface area (Å²) < 4.78 is 34.6. The molecular formula is C24H31Cl3O5S. The summed E-state index contributed by atoms with van der Waals surface area (Å²) >= 11 is 18.7. The van der Waals surface area contributed by atoms with Gasteiger partial charge in [0.25, 0.3) is 0 Å². The van der Waals surface area contributed by atoms with Crippen LogP contribution in [0.3, 0.4) is 0 Å². The quantitative estimate of drug-likeness (QED) is 0.349. The van der Waals surface area contributed by atoms with E-state index in [4.69, 9.17) is 44.3 Å². The molecule has 2 aromatic rings. The highest BCUT2D eigenvalue weighted by Gasteiger charge is 2.25. The Kier molecular flexibility index (Phi) is 10.2. The Labute approximate surface area is 211 Å². The van der Waals surface area contributed by atoms with Crippen molar-refractivity contribution in [1.29, 1.82) is 0 Å². The molecule has 1 N–H and O–H groups in total. The van der Waals surface area contributed by atoms with Crippen LogP contribution in [0.4, 0.5) is 0 Å². The van der Waals surface area contributed by atoms with Crippen molar-refractivity contribution in [3.05, 3.63) is 57.6 Å². The third kappa shape index (κ3) is 7.93. The number of ether oxygens (including phenoxy) is 2. The number of benzene rings is 2. The second-order valence-corrected chi connectivity index (χ2v) is 12.2. The van der Waals surface area contributed by atoms with Crippen LogP contribution in [0.1, 0.15) is 38.8 Å². The van der Waals surface area contributed by atoms with E-state index < -0.39 is 21.4 Å². The summed E-state index contributed by atoms with van der Waals surface area (Å²) in [7, 11) is -3.29. The van der Waals surface area contributed by atoms with Crippen LogP contribution in [-0.4, -0.2) is 50.2 Å². The number of aliphatic hydroxyl groups is 1. The molecule has 0 saturated heterocycles. The van der Waals surface area contributed by atoms with Gasteiger partial charge in [-0.3, -0.25) is 0 Å². The average Bonchev–Trinajstić information content (AvgIpc) is 2.76. The maximum Gasteiger partial charge on any atom is 0.152 e. The van der Waals surface area contributed by atoms with Crippen molar-refractivity contribution in [2.75, 3.05) is 30.6 Å². The standard InChI is InChI=1S/C24H31Cl3O5S/c1-5-33(29,30)15-19(28)14-32-23-9-7-18(11-21(23)27)24(3,4)17-6-8-22(20(26)10-17)31-13-16(2)12-25/h6-11,16,19,28H,5,12-15H2,1-4H3/t16-,19-/m0/s1. The Hall–Kier alpha value is -1.18. The first-order valence-electron chi connectivity index (χ1n) is 10.7. The monoisotopic (exact) mass is 536 g/mol. The topological polar surface area (TPSA) is 72.8 Å². The van der Waals surface area contributed by atoms with Gasteiger partial charge < -0.3 is 14.6 Å². The van der Waals surface area contributed by atoms with Crippen LogP contribution in [-0.2, 0) is 15.3 Å². The number of aliphatic hydroxyl groups excluding tert-OH is 1. The zero-order valence-electron chi connectivity index (χ0n) is 19.3. The minimum atomic E-state index is -3.29. The third-order valence-corrected chi connectivity index (χ3v) is 8.30. The molecule has 9 heteroatoms. The molecular weight excluding hydrogens is 507 g/mol. The molecule has 5 nitrogen and oxygen atoms in total. The lowest BCUT2D eigenvalue weighted by molar-refractivity contribution is 0.125. The van der Waals surface area contributed by atoms with Crippen LogP contribution in [0.2, 0.25) is 10.0 Å². The summed E-state index contributed by atoms with van der Waals surface area (Å²) in [6.07, 6.45) is -1.13. The molecule has 0 aliphatic heterocycles.